The molecule has 0 aliphatic carbocycles. The molecule has 15 nitrogen and oxygen atoms in total. The standard InChI is InChI=1S/C33H30FN9O6/c1-47-27-6-5-21-12-25(27)20-3-2-4-23(11-20)48-16-29(44)35-14-19-9-22(34)13-24(10-19)49-28-7-8-42(15-26(28)38-31(21)45)32(46)30-39-33(41-40-30)43-17-36-37-18-43/h2-6,9-13,17-18,26,28H,7-8,14-16H2,1H3,(H,35,44)(H,38,45)(H,39,40,41)/t26-,28-/m1/s1. The second-order valence-corrected chi connectivity index (χ2v) is 11.4. The van der Waals surface area contributed by atoms with Crippen LogP contribution in [0.1, 0.15) is 33.0 Å². The van der Waals surface area contributed by atoms with E-state index in [0.29, 0.717) is 40.2 Å². The van der Waals surface area contributed by atoms with Gasteiger partial charge in [0.25, 0.3) is 23.7 Å². The smallest absolute Gasteiger partial charge is 0.291 e. The third-order valence-corrected chi connectivity index (χ3v) is 8.16. The van der Waals surface area contributed by atoms with Crippen LogP contribution in [0.2, 0.25) is 0 Å². The average molecular weight is 668 g/mol. The molecule has 0 unspecified atom stereocenters. The van der Waals surface area contributed by atoms with Crippen molar-refractivity contribution < 1.29 is 33.0 Å². The Labute approximate surface area is 278 Å². The van der Waals surface area contributed by atoms with E-state index in [1.165, 1.54) is 41.4 Å². The summed E-state index contributed by atoms with van der Waals surface area (Å²) in [5, 5.41) is 20.0. The molecule has 3 N–H and O–H groups in total. The summed E-state index contributed by atoms with van der Waals surface area (Å²) < 4.78 is 33.8. The van der Waals surface area contributed by atoms with E-state index in [2.05, 4.69) is 36.0 Å². The third-order valence-electron chi connectivity index (χ3n) is 8.16. The van der Waals surface area contributed by atoms with Crippen molar-refractivity contribution in [1.82, 2.24) is 45.5 Å². The second kappa shape index (κ2) is 13.4. The van der Waals surface area contributed by atoms with Crippen LogP contribution in [0.25, 0.3) is 17.1 Å². The lowest BCUT2D eigenvalue weighted by Gasteiger charge is -2.38. The second-order valence-electron chi connectivity index (χ2n) is 11.4. The number of fused-ring (bicyclic) bond motifs is 8. The van der Waals surface area contributed by atoms with Gasteiger partial charge in [0, 0.05) is 43.2 Å². The molecule has 5 aromatic rings. The van der Waals surface area contributed by atoms with E-state index in [1.807, 2.05) is 6.07 Å². The molecular weight excluding hydrogens is 637 g/mol. The molecule has 2 aromatic heterocycles. The number of carbonyl (C=O) groups is 3. The fourth-order valence-electron chi connectivity index (χ4n) is 5.76. The first kappa shape index (κ1) is 31.3. The number of halogens is 1. The number of benzene rings is 3. The number of hydrogen-bond acceptors (Lipinski definition) is 10. The molecule has 3 aromatic carbocycles. The van der Waals surface area contributed by atoms with Crippen LogP contribution in [0.15, 0.2) is 73.3 Å². The molecule has 49 heavy (non-hydrogen) atoms. The Morgan fingerprint density at radius 2 is 1.88 bits per heavy atom. The summed E-state index contributed by atoms with van der Waals surface area (Å²) in [6.45, 7) is 0.0654. The first-order valence-electron chi connectivity index (χ1n) is 15.3. The number of methoxy groups -OCH3 is 1. The maximum absolute atomic E-state index is 14.8. The van der Waals surface area contributed by atoms with Crippen LogP contribution in [-0.4, -0.2) is 91.5 Å². The minimum absolute atomic E-state index is 0.00618. The molecule has 1 saturated heterocycles. The van der Waals surface area contributed by atoms with Crippen LogP contribution in [0.3, 0.4) is 0 Å². The minimum Gasteiger partial charge on any atom is -0.496 e. The molecule has 0 saturated carbocycles. The highest BCUT2D eigenvalue weighted by Gasteiger charge is 2.36. The van der Waals surface area contributed by atoms with Gasteiger partial charge in [-0.3, -0.25) is 24.0 Å². The maximum Gasteiger partial charge on any atom is 0.291 e. The number of carbonyl (C=O) groups excluding carboxylic acids is 3. The van der Waals surface area contributed by atoms with E-state index in [0.717, 1.165) is 0 Å². The molecular formula is C33H30FN9O6. The van der Waals surface area contributed by atoms with Gasteiger partial charge in [0.1, 0.15) is 41.8 Å². The molecule has 2 aliphatic rings. The highest BCUT2D eigenvalue weighted by atomic mass is 19.1. The van der Waals surface area contributed by atoms with Crippen molar-refractivity contribution in [3.8, 4) is 34.3 Å². The van der Waals surface area contributed by atoms with Crippen molar-refractivity contribution in [2.75, 3.05) is 26.8 Å². The quantitative estimate of drug-likeness (QED) is 0.259. The molecule has 16 heteroatoms. The molecule has 6 bridgehead atoms. The van der Waals surface area contributed by atoms with Crippen LogP contribution in [0.4, 0.5) is 4.39 Å². The van der Waals surface area contributed by atoms with Gasteiger partial charge in [-0.2, -0.15) is 4.98 Å². The molecule has 2 atom stereocenters. The van der Waals surface area contributed by atoms with Crippen molar-refractivity contribution in [2.24, 2.45) is 0 Å². The van der Waals surface area contributed by atoms with E-state index in [9.17, 15) is 18.8 Å². The molecule has 4 heterocycles. The Kier molecular flexibility index (Phi) is 8.57. The molecule has 7 rings (SSSR count). The van der Waals surface area contributed by atoms with E-state index in [1.54, 1.807) is 42.5 Å². The SMILES string of the molecule is COc1ccc2cc1-c1cccc(c1)OCC(=O)NCc1cc(F)cc(c1)O[C@@H]1CCN(C(=O)c3nc(-n4cnnc4)n[nH]3)C[C@H]1NC2=O. The van der Waals surface area contributed by atoms with Crippen LogP contribution in [0, 0.1) is 5.82 Å². The molecule has 0 radical (unpaired) electrons. The molecule has 1 fully saturated rings. The zero-order chi connectivity index (χ0) is 33.9. The summed E-state index contributed by atoms with van der Waals surface area (Å²) in [5.41, 5.74) is 2.11. The monoisotopic (exact) mass is 667 g/mol. The number of amides is 3. The van der Waals surface area contributed by atoms with Crippen LogP contribution in [0.5, 0.6) is 17.2 Å². The normalized spacial score (nSPS) is 18.0. The van der Waals surface area contributed by atoms with Crippen molar-refractivity contribution in [3.05, 3.63) is 96.1 Å². The predicted molar refractivity (Wildman–Crippen MR) is 170 cm³/mol. The van der Waals surface area contributed by atoms with Crippen molar-refractivity contribution in [3.63, 3.8) is 0 Å². The molecule has 250 valence electrons. The average Bonchev–Trinajstić information content (AvgIpc) is 3.83. The van der Waals surface area contributed by atoms with Gasteiger partial charge < -0.3 is 29.7 Å². The molecule has 0 spiro atoms. The van der Waals surface area contributed by atoms with Gasteiger partial charge in [-0.05, 0) is 53.6 Å². The summed E-state index contributed by atoms with van der Waals surface area (Å²) in [5.74, 6) is -0.480. The number of nitrogens with zero attached hydrogens (tertiary/aromatic N) is 6. The number of piperidine rings is 1. The van der Waals surface area contributed by atoms with Crippen molar-refractivity contribution >= 4 is 17.7 Å². The highest BCUT2D eigenvalue weighted by Crippen LogP contribution is 2.33. The number of hydrogen-bond donors (Lipinski definition) is 3. The van der Waals surface area contributed by atoms with Gasteiger partial charge in [-0.15, -0.1) is 15.3 Å². The van der Waals surface area contributed by atoms with E-state index in [4.69, 9.17) is 14.2 Å². The van der Waals surface area contributed by atoms with Crippen LogP contribution >= 0.6 is 0 Å². The Morgan fingerprint density at radius 3 is 2.71 bits per heavy atom. The first-order chi connectivity index (χ1) is 23.8. The number of ether oxygens (including phenoxy) is 3. The van der Waals surface area contributed by atoms with Crippen molar-refractivity contribution in [1.29, 1.82) is 0 Å². The van der Waals surface area contributed by atoms with E-state index in [-0.39, 0.29) is 43.8 Å². The number of rotatable bonds is 3. The fraction of sp³-hybridized carbons (Fsp3) is 0.242. The summed E-state index contributed by atoms with van der Waals surface area (Å²) in [4.78, 5) is 45.9. The third kappa shape index (κ3) is 6.88. The van der Waals surface area contributed by atoms with Crippen LogP contribution in [-0.2, 0) is 11.3 Å². The number of likely N-dealkylation sites (tertiary alicyclic amines) is 1. The number of H-pyrrole nitrogens is 1. The van der Waals surface area contributed by atoms with Crippen LogP contribution < -0.4 is 24.8 Å². The predicted octanol–water partition coefficient (Wildman–Crippen LogP) is 2.30. The van der Waals surface area contributed by atoms with Gasteiger partial charge in [-0.25, -0.2) is 4.39 Å². The van der Waals surface area contributed by atoms with Gasteiger partial charge in [-0.1, -0.05) is 12.1 Å². The Bertz CT molecular complexity index is 2020. The fourth-order valence-corrected chi connectivity index (χ4v) is 5.76. The largest absolute Gasteiger partial charge is 0.496 e. The number of aromatic amines is 1. The van der Waals surface area contributed by atoms with Gasteiger partial charge in [0.05, 0.1) is 13.2 Å². The molecule has 2 aliphatic heterocycles. The highest BCUT2D eigenvalue weighted by molar-refractivity contribution is 5.96. The maximum atomic E-state index is 14.8. The number of aromatic nitrogens is 6. The van der Waals surface area contributed by atoms with E-state index < -0.39 is 35.7 Å². The minimum atomic E-state index is -0.721. The first-order valence-corrected chi connectivity index (χ1v) is 15.3. The topological polar surface area (TPSA) is 178 Å². The zero-order valence-electron chi connectivity index (χ0n) is 26.1. The molecule has 3 amide bonds. The Balaban J connectivity index is 1.22. The lowest BCUT2D eigenvalue weighted by Crippen LogP contribution is -2.58. The van der Waals surface area contributed by atoms with E-state index >= 15 is 0 Å². The Morgan fingerprint density at radius 1 is 1.02 bits per heavy atom. The number of nitrogens with one attached hydrogen (secondary N) is 3. The lowest BCUT2D eigenvalue weighted by molar-refractivity contribution is -0.123. The Hall–Kier alpha value is -6.32. The summed E-state index contributed by atoms with van der Waals surface area (Å²) in [6.07, 6.45) is 2.45. The van der Waals surface area contributed by atoms with Gasteiger partial charge in [0.2, 0.25) is 5.82 Å². The summed E-state index contributed by atoms with van der Waals surface area (Å²) in [6, 6.07) is 15.5. The summed E-state index contributed by atoms with van der Waals surface area (Å²) >= 11 is 0. The zero-order valence-corrected chi connectivity index (χ0v) is 26.1. The lowest BCUT2D eigenvalue weighted by atomic mass is 9.99. The summed E-state index contributed by atoms with van der Waals surface area (Å²) in [7, 11) is 1.53. The van der Waals surface area contributed by atoms with Gasteiger partial charge >= 0.3 is 0 Å². The van der Waals surface area contributed by atoms with Gasteiger partial charge in [0.15, 0.2) is 6.61 Å². The van der Waals surface area contributed by atoms with Crippen molar-refractivity contribution in [2.45, 2.75) is 25.1 Å².